The monoisotopic (exact) mass is 189 g/mol. The van der Waals surface area contributed by atoms with Crippen LogP contribution in [-0.4, -0.2) is 24.4 Å². The second kappa shape index (κ2) is 2.67. The lowest BCUT2D eigenvalue weighted by Gasteiger charge is -2.10. The van der Waals surface area contributed by atoms with Gasteiger partial charge in [0.1, 0.15) is 6.07 Å². The molecule has 0 aliphatic rings. The van der Waals surface area contributed by atoms with Crippen LogP contribution in [0, 0.1) is 11.3 Å². The maximum absolute atomic E-state index is 11.9. The van der Waals surface area contributed by atoms with Gasteiger partial charge in [0.25, 0.3) is 6.17 Å². The average Bonchev–Trinajstić information content (AvgIpc) is 1.83. The van der Waals surface area contributed by atoms with Crippen LogP contribution in [0.4, 0.5) is 13.2 Å². The molecule has 1 atom stereocenters. The third-order valence-corrected chi connectivity index (χ3v) is 1.65. The second-order valence-electron chi connectivity index (χ2n) is 1.53. The number of alkyl halides is 3. The van der Waals surface area contributed by atoms with Crippen LogP contribution in [-0.2, 0) is 10.1 Å². The fourth-order valence-corrected chi connectivity index (χ4v) is 0.520. The van der Waals surface area contributed by atoms with Gasteiger partial charge in [0.2, 0.25) is 0 Å². The Bertz CT molecular complexity index is 279. The molecule has 64 valence electrons. The van der Waals surface area contributed by atoms with Crippen molar-refractivity contribution < 1.29 is 26.1 Å². The molecule has 0 saturated heterocycles. The summed E-state index contributed by atoms with van der Waals surface area (Å²) in [5.41, 5.74) is 0. The van der Waals surface area contributed by atoms with Gasteiger partial charge in [-0.15, -0.1) is 0 Å². The summed E-state index contributed by atoms with van der Waals surface area (Å²) in [5.74, 6) is 0. The summed E-state index contributed by atoms with van der Waals surface area (Å²) >= 11 is 0. The number of hydrogen-bond acceptors (Lipinski definition) is 3. The summed E-state index contributed by atoms with van der Waals surface area (Å²) in [5, 5.41) is 2.50. The molecule has 0 aliphatic carbocycles. The lowest BCUT2D eigenvalue weighted by Crippen LogP contribution is -2.37. The minimum Gasteiger partial charge on any atom is -0.281 e. The summed E-state index contributed by atoms with van der Waals surface area (Å²) < 4.78 is 62.5. The molecule has 1 unspecified atom stereocenters. The molecule has 1 N–H and O–H groups in total. The van der Waals surface area contributed by atoms with E-state index in [1.807, 2.05) is 0 Å². The molecule has 0 spiro atoms. The van der Waals surface area contributed by atoms with E-state index in [1.54, 1.807) is 0 Å². The Morgan fingerprint density at radius 3 is 2.00 bits per heavy atom. The first-order valence-electron chi connectivity index (χ1n) is 2.12. The van der Waals surface area contributed by atoms with Gasteiger partial charge in [0.05, 0.1) is 0 Å². The Kier molecular flexibility index (Phi) is 2.47. The Morgan fingerprint density at radius 2 is 1.91 bits per heavy atom. The maximum atomic E-state index is 11.9. The van der Waals surface area contributed by atoms with E-state index in [-0.39, 0.29) is 0 Å². The van der Waals surface area contributed by atoms with Crippen LogP contribution < -0.4 is 0 Å². The SMILES string of the molecule is N#CC(F)C(F)(F)S(=O)(=O)O. The standard InChI is InChI=1S/C3H2F3NO3S/c4-2(1-7)3(5,6)11(8,9)10/h2H,(H,8,9,10). The van der Waals surface area contributed by atoms with Crippen LogP contribution in [0.5, 0.6) is 0 Å². The van der Waals surface area contributed by atoms with E-state index >= 15 is 0 Å². The van der Waals surface area contributed by atoms with Gasteiger partial charge in [-0.2, -0.15) is 22.5 Å². The summed E-state index contributed by atoms with van der Waals surface area (Å²) in [7, 11) is -5.84. The number of nitriles is 1. The van der Waals surface area contributed by atoms with Crippen molar-refractivity contribution in [1.82, 2.24) is 0 Å². The molecule has 4 nitrogen and oxygen atoms in total. The molecule has 0 fully saturated rings. The highest BCUT2D eigenvalue weighted by Gasteiger charge is 2.53. The van der Waals surface area contributed by atoms with Crippen molar-refractivity contribution in [3.63, 3.8) is 0 Å². The van der Waals surface area contributed by atoms with Crippen molar-refractivity contribution in [2.75, 3.05) is 0 Å². The van der Waals surface area contributed by atoms with Crippen molar-refractivity contribution in [1.29, 1.82) is 5.26 Å². The molecule has 11 heavy (non-hydrogen) atoms. The highest BCUT2D eigenvalue weighted by atomic mass is 32.2. The van der Waals surface area contributed by atoms with Crippen LogP contribution in [0.3, 0.4) is 0 Å². The minimum atomic E-state index is -5.84. The Labute approximate surface area is 60.0 Å². The molecule has 0 rings (SSSR count). The fraction of sp³-hybridized carbons (Fsp3) is 0.667. The predicted molar refractivity (Wildman–Crippen MR) is 27.0 cm³/mol. The highest BCUT2D eigenvalue weighted by molar-refractivity contribution is 7.86. The highest BCUT2D eigenvalue weighted by Crippen LogP contribution is 2.26. The molecular formula is C3H2F3NO3S. The van der Waals surface area contributed by atoms with Crippen molar-refractivity contribution in [3.8, 4) is 6.07 Å². The van der Waals surface area contributed by atoms with E-state index in [0.717, 1.165) is 0 Å². The van der Waals surface area contributed by atoms with E-state index in [0.29, 0.717) is 6.07 Å². The van der Waals surface area contributed by atoms with Crippen molar-refractivity contribution >= 4 is 10.1 Å². The number of nitrogens with zero attached hydrogens (tertiary/aromatic N) is 1. The van der Waals surface area contributed by atoms with Crippen molar-refractivity contribution in [3.05, 3.63) is 0 Å². The first-order valence-corrected chi connectivity index (χ1v) is 3.56. The van der Waals surface area contributed by atoms with Gasteiger partial charge in [0.15, 0.2) is 0 Å². The quantitative estimate of drug-likeness (QED) is 0.635. The van der Waals surface area contributed by atoms with Gasteiger partial charge in [-0.3, -0.25) is 4.55 Å². The summed E-state index contributed by atoms with van der Waals surface area (Å²) in [6, 6.07) is 0.356. The first-order chi connectivity index (χ1) is 4.73. The van der Waals surface area contributed by atoms with Gasteiger partial charge in [-0.25, -0.2) is 4.39 Å². The Morgan fingerprint density at radius 1 is 1.55 bits per heavy atom. The van der Waals surface area contributed by atoms with Gasteiger partial charge < -0.3 is 0 Å². The minimum absolute atomic E-state index is 0.356. The molecule has 8 heteroatoms. The summed E-state index contributed by atoms with van der Waals surface area (Å²) in [4.78, 5) is 0. The fourth-order valence-electron chi connectivity index (χ4n) is 0.206. The molecule has 0 saturated carbocycles. The van der Waals surface area contributed by atoms with Gasteiger partial charge in [0, 0.05) is 0 Å². The molecule has 0 bridgehead atoms. The molecule has 0 radical (unpaired) electrons. The van der Waals surface area contributed by atoms with Crippen LogP contribution in [0.25, 0.3) is 0 Å². The van der Waals surface area contributed by atoms with Crippen molar-refractivity contribution in [2.45, 2.75) is 11.4 Å². The summed E-state index contributed by atoms with van der Waals surface area (Å²) in [6.07, 6.45) is -3.56. The molecule has 0 amide bonds. The van der Waals surface area contributed by atoms with E-state index in [1.165, 1.54) is 0 Å². The number of rotatable bonds is 2. The van der Waals surface area contributed by atoms with Gasteiger partial charge in [-0.05, 0) is 0 Å². The lowest BCUT2D eigenvalue weighted by molar-refractivity contribution is 0.0223. The van der Waals surface area contributed by atoms with Crippen LogP contribution in [0.15, 0.2) is 0 Å². The summed E-state index contributed by atoms with van der Waals surface area (Å²) in [6.45, 7) is 0. The van der Waals surface area contributed by atoms with E-state index in [2.05, 4.69) is 0 Å². The maximum Gasteiger partial charge on any atom is 0.413 e. The number of hydrogen-bond donors (Lipinski definition) is 1. The van der Waals surface area contributed by atoms with E-state index in [4.69, 9.17) is 9.81 Å². The predicted octanol–water partition coefficient (Wildman–Crippen LogP) is 0.329. The molecule has 0 aromatic heterocycles. The zero-order valence-electron chi connectivity index (χ0n) is 4.83. The van der Waals surface area contributed by atoms with Crippen LogP contribution >= 0.6 is 0 Å². The molecule has 0 aromatic rings. The van der Waals surface area contributed by atoms with Crippen molar-refractivity contribution in [2.24, 2.45) is 0 Å². The van der Waals surface area contributed by atoms with Gasteiger partial charge in [-0.1, -0.05) is 0 Å². The zero-order chi connectivity index (χ0) is 9.28. The molecule has 0 heterocycles. The van der Waals surface area contributed by atoms with E-state index < -0.39 is 21.5 Å². The van der Waals surface area contributed by atoms with Crippen LogP contribution in [0.1, 0.15) is 0 Å². The lowest BCUT2D eigenvalue weighted by atomic mass is 10.4. The molecule has 0 aliphatic heterocycles. The molecule has 0 aromatic carbocycles. The normalized spacial score (nSPS) is 15.5. The van der Waals surface area contributed by atoms with E-state index in [9.17, 15) is 21.6 Å². The topological polar surface area (TPSA) is 78.2 Å². The average molecular weight is 189 g/mol. The number of halogens is 3. The smallest absolute Gasteiger partial charge is 0.281 e. The Balaban J connectivity index is 4.94. The first kappa shape index (κ1) is 10.2. The van der Waals surface area contributed by atoms with Gasteiger partial charge >= 0.3 is 15.4 Å². The third-order valence-electron chi connectivity index (χ3n) is 0.752. The largest absolute Gasteiger partial charge is 0.413 e. The Hall–Kier alpha value is -0.810. The second-order valence-corrected chi connectivity index (χ2v) is 3.02. The molecular weight excluding hydrogens is 187 g/mol. The zero-order valence-corrected chi connectivity index (χ0v) is 5.65. The van der Waals surface area contributed by atoms with Crippen LogP contribution in [0.2, 0.25) is 0 Å². The third kappa shape index (κ3) is 1.81.